The maximum Gasteiger partial charge on any atom is 0.332 e. The molecule has 0 amide bonds. The summed E-state index contributed by atoms with van der Waals surface area (Å²) in [5.74, 6) is 0.392. The Bertz CT molecular complexity index is 730. The number of hydrogen-bond donors (Lipinski definition) is 2. The van der Waals surface area contributed by atoms with Crippen molar-refractivity contribution in [3.05, 3.63) is 71.9 Å². The van der Waals surface area contributed by atoms with Crippen LogP contribution in [0.5, 0.6) is 5.75 Å². The molecule has 0 aromatic heterocycles. The first kappa shape index (κ1) is 20.3. The lowest BCUT2D eigenvalue weighted by atomic mass is 10.1. The molecule has 2 aromatic rings. The molecule has 6 nitrogen and oxygen atoms in total. The van der Waals surface area contributed by atoms with Gasteiger partial charge in [-0.2, -0.15) is 0 Å². The highest BCUT2D eigenvalue weighted by Crippen LogP contribution is 2.18. The second-order valence-corrected chi connectivity index (χ2v) is 5.84. The van der Waals surface area contributed by atoms with Crippen LogP contribution in [-0.4, -0.2) is 25.7 Å². The molecule has 1 unspecified atom stereocenters. The maximum atomic E-state index is 12.3. The Hall–Kier alpha value is -2.99. The second-order valence-electron chi connectivity index (χ2n) is 5.84. The highest BCUT2D eigenvalue weighted by Gasteiger charge is 2.21. The van der Waals surface area contributed by atoms with Crippen molar-refractivity contribution < 1.29 is 19.1 Å². The second kappa shape index (κ2) is 10.9. The van der Waals surface area contributed by atoms with E-state index in [0.717, 1.165) is 22.6 Å². The minimum absolute atomic E-state index is 0.310. The molecule has 27 heavy (non-hydrogen) atoms. The number of carbonyl (C=O) groups excluding carboxylic acids is 1. The monoisotopic (exact) mass is 370 g/mol. The van der Waals surface area contributed by atoms with E-state index in [4.69, 9.17) is 14.3 Å². The van der Waals surface area contributed by atoms with Gasteiger partial charge in [0, 0.05) is 11.9 Å². The first-order chi connectivity index (χ1) is 13.1. The standard InChI is InChI=1S/C21H26N2O4/c1-4-26-21(24)20(23-18-10-12-19(25-3)13-11-18)16(2)14-22-27-15-17-8-6-5-7-9-17/h5-14,20,22-23H,4,15H2,1-3H3. The summed E-state index contributed by atoms with van der Waals surface area (Å²) in [5, 5.41) is 3.18. The van der Waals surface area contributed by atoms with Crippen molar-refractivity contribution in [1.29, 1.82) is 0 Å². The van der Waals surface area contributed by atoms with Gasteiger partial charge < -0.3 is 14.8 Å². The minimum atomic E-state index is -0.633. The molecule has 0 saturated carbocycles. The third-order valence-corrected chi connectivity index (χ3v) is 3.83. The molecule has 144 valence electrons. The van der Waals surface area contributed by atoms with Crippen LogP contribution >= 0.6 is 0 Å². The van der Waals surface area contributed by atoms with Crippen molar-refractivity contribution in [2.75, 3.05) is 19.0 Å². The number of benzene rings is 2. The molecule has 0 saturated heterocycles. The van der Waals surface area contributed by atoms with E-state index in [-0.39, 0.29) is 5.97 Å². The number of hydroxylamine groups is 1. The highest BCUT2D eigenvalue weighted by molar-refractivity contribution is 5.83. The van der Waals surface area contributed by atoms with E-state index in [1.165, 1.54) is 0 Å². The molecule has 2 N–H and O–H groups in total. The van der Waals surface area contributed by atoms with Gasteiger partial charge >= 0.3 is 5.97 Å². The molecular formula is C21H26N2O4. The predicted molar refractivity (Wildman–Crippen MR) is 105 cm³/mol. The van der Waals surface area contributed by atoms with Gasteiger partial charge in [-0.25, -0.2) is 4.79 Å². The molecular weight excluding hydrogens is 344 g/mol. The van der Waals surface area contributed by atoms with Gasteiger partial charge in [0.2, 0.25) is 0 Å². The quantitative estimate of drug-likeness (QED) is 0.378. The minimum Gasteiger partial charge on any atom is -0.497 e. The van der Waals surface area contributed by atoms with Crippen LogP contribution in [0.15, 0.2) is 66.4 Å². The zero-order chi connectivity index (χ0) is 19.5. The Labute approximate surface area is 160 Å². The molecule has 6 heteroatoms. The van der Waals surface area contributed by atoms with Crippen molar-refractivity contribution in [2.45, 2.75) is 26.5 Å². The van der Waals surface area contributed by atoms with Crippen LogP contribution in [0.25, 0.3) is 0 Å². The lowest BCUT2D eigenvalue weighted by Crippen LogP contribution is -2.33. The molecule has 0 radical (unpaired) electrons. The van der Waals surface area contributed by atoms with Crippen LogP contribution in [0.1, 0.15) is 19.4 Å². The van der Waals surface area contributed by atoms with E-state index in [2.05, 4.69) is 10.8 Å². The largest absolute Gasteiger partial charge is 0.497 e. The Kier molecular flexibility index (Phi) is 8.19. The van der Waals surface area contributed by atoms with Crippen LogP contribution in [0, 0.1) is 0 Å². The molecule has 0 heterocycles. The van der Waals surface area contributed by atoms with Gasteiger partial charge in [0.15, 0.2) is 0 Å². The predicted octanol–water partition coefficient (Wildman–Crippen LogP) is 3.66. The molecule has 0 spiro atoms. The fourth-order valence-electron chi connectivity index (χ4n) is 2.36. The molecule has 2 rings (SSSR count). The molecule has 0 fully saturated rings. The molecule has 0 aliphatic rings. The summed E-state index contributed by atoms with van der Waals surface area (Å²) in [6.07, 6.45) is 1.65. The number of rotatable bonds is 10. The zero-order valence-electron chi connectivity index (χ0n) is 15.9. The van der Waals surface area contributed by atoms with Crippen molar-refractivity contribution in [3.8, 4) is 5.75 Å². The van der Waals surface area contributed by atoms with E-state index in [0.29, 0.717) is 13.2 Å². The number of ether oxygens (including phenoxy) is 2. The zero-order valence-corrected chi connectivity index (χ0v) is 15.9. The summed E-state index contributed by atoms with van der Waals surface area (Å²) in [7, 11) is 1.61. The van der Waals surface area contributed by atoms with E-state index in [9.17, 15) is 4.79 Å². The molecule has 0 bridgehead atoms. The first-order valence-electron chi connectivity index (χ1n) is 8.79. The first-order valence-corrected chi connectivity index (χ1v) is 8.79. The highest BCUT2D eigenvalue weighted by atomic mass is 16.6. The van der Waals surface area contributed by atoms with Crippen LogP contribution in [0.3, 0.4) is 0 Å². The third kappa shape index (κ3) is 6.67. The van der Waals surface area contributed by atoms with Gasteiger partial charge in [0.1, 0.15) is 11.8 Å². The van der Waals surface area contributed by atoms with Gasteiger partial charge in [-0.05, 0) is 49.2 Å². The SMILES string of the molecule is CCOC(=O)C(Nc1ccc(OC)cc1)C(C)=CNOCc1ccccc1. The lowest BCUT2D eigenvalue weighted by molar-refractivity contribution is -0.143. The van der Waals surface area contributed by atoms with E-state index < -0.39 is 6.04 Å². The fraction of sp³-hybridized carbons (Fsp3) is 0.286. The van der Waals surface area contributed by atoms with Crippen molar-refractivity contribution >= 4 is 11.7 Å². The fourth-order valence-corrected chi connectivity index (χ4v) is 2.36. The van der Waals surface area contributed by atoms with Gasteiger partial charge in [-0.3, -0.25) is 10.3 Å². The van der Waals surface area contributed by atoms with Gasteiger partial charge in [0.05, 0.1) is 20.3 Å². The number of carbonyl (C=O) groups is 1. The number of anilines is 1. The number of methoxy groups -OCH3 is 1. The average Bonchev–Trinajstić information content (AvgIpc) is 2.70. The molecule has 1 atom stereocenters. The van der Waals surface area contributed by atoms with E-state index in [1.807, 2.05) is 61.5 Å². The summed E-state index contributed by atoms with van der Waals surface area (Å²) in [4.78, 5) is 17.8. The van der Waals surface area contributed by atoms with Crippen LogP contribution in [-0.2, 0) is 21.0 Å². The third-order valence-electron chi connectivity index (χ3n) is 3.83. The van der Waals surface area contributed by atoms with Gasteiger partial charge in [0.25, 0.3) is 0 Å². The van der Waals surface area contributed by atoms with Crippen LogP contribution in [0.2, 0.25) is 0 Å². The molecule has 0 aliphatic carbocycles. The Balaban J connectivity index is 1.99. The molecule has 2 aromatic carbocycles. The summed E-state index contributed by atoms with van der Waals surface area (Å²) < 4.78 is 10.3. The van der Waals surface area contributed by atoms with E-state index in [1.54, 1.807) is 20.2 Å². The van der Waals surface area contributed by atoms with Crippen LogP contribution in [0.4, 0.5) is 5.69 Å². The topological polar surface area (TPSA) is 68.8 Å². The maximum absolute atomic E-state index is 12.3. The normalized spacial score (nSPS) is 12.2. The lowest BCUT2D eigenvalue weighted by Gasteiger charge is -2.19. The van der Waals surface area contributed by atoms with Crippen LogP contribution < -0.4 is 15.5 Å². The summed E-state index contributed by atoms with van der Waals surface area (Å²) >= 11 is 0. The Morgan fingerprint density at radius 3 is 2.44 bits per heavy atom. The Morgan fingerprint density at radius 2 is 1.81 bits per heavy atom. The summed E-state index contributed by atoms with van der Waals surface area (Å²) in [5.41, 5.74) is 5.35. The van der Waals surface area contributed by atoms with Crippen molar-refractivity contribution in [3.63, 3.8) is 0 Å². The van der Waals surface area contributed by atoms with Gasteiger partial charge in [-0.15, -0.1) is 0 Å². The number of esters is 1. The Morgan fingerprint density at radius 1 is 1.11 bits per heavy atom. The van der Waals surface area contributed by atoms with Gasteiger partial charge in [-0.1, -0.05) is 30.3 Å². The van der Waals surface area contributed by atoms with E-state index >= 15 is 0 Å². The molecule has 0 aliphatic heterocycles. The number of nitrogens with one attached hydrogen (secondary N) is 2. The van der Waals surface area contributed by atoms with Crippen molar-refractivity contribution in [1.82, 2.24) is 5.48 Å². The number of hydrogen-bond acceptors (Lipinski definition) is 6. The summed E-state index contributed by atoms with van der Waals surface area (Å²) in [6, 6.07) is 16.5. The smallest absolute Gasteiger partial charge is 0.332 e. The van der Waals surface area contributed by atoms with Crippen molar-refractivity contribution in [2.24, 2.45) is 0 Å². The average molecular weight is 370 g/mol. The summed E-state index contributed by atoms with van der Waals surface area (Å²) in [6.45, 7) is 4.34.